The van der Waals surface area contributed by atoms with Crippen molar-refractivity contribution in [2.45, 2.75) is 33.7 Å². The molecule has 0 radical (unpaired) electrons. The van der Waals surface area contributed by atoms with E-state index in [2.05, 4.69) is 15.3 Å². The van der Waals surface area contributed by atoms with Crippen LogP contribution in [0.3, 0.4) is 0 Å². The number of benzene rings is 2. The highest BCUT2D eigenvalue weighted by molar-refractivity contribution is 5.86. The molecular formula is C23H23N3O4. The maximum Gasteiger partial charge on any atom is 0.339 e. The first-order chi connectivity index (χ1) is 14.3. The lowest BCUT2D eigenvalue weighted by Crippen LogP contribution is -2.31. The fraction of sp³-hybridized carbons (Fsp3) is 0.261. The van der Waals surface area contributed by atoms with Crippen molar-refractivity contribution in [3.8, 4) is 5.75 Å². The van der Waals surface area contributed by atoms with E-state index in [4.69, 9.17) is 9.15 Å². The van der Waals surface area contributed by atoms with Crippen molar-refractivity contribution in [1.82, 2.24) is 15.3 Å². The molecule has 2 aromatic heterocycles. The number of nitrogens with one attached hydrogen (secondary N) is 2. The fourth-order valence-corrected chi connectivity index (χ4v) is 3.45. The number of rotatable bonds is 5. The van der Waals surface area contributed by atoms with Crippen LogP contribution in [0.5, 0.6) is 5.75 Å². The molecule has 0 bridgehead atoms. The van der Waals surface area contributed by atoms with Gasteiger partial charge in [0.15, 0.2) is 6.61 Å². The second-order valence-corrected chi connectivity index (χ2v) is 7.42. The van der Waals surface area contributed by atoms with Gasteiger partial charge in [-0.2, -0.15) is 0 Å². The number of aromatic nitrogens is 2. The van der Waals surface area contributed by atoms with Crippen molar-refractivity contribution in [3.05, 3.63) is 69.3 Å². The van der Waals surface area contributed by atoms with E-state index in [0.717, 1.165) is 22.0 Å². The maximum absolute atomic E-state index is 12.4. The van der Waals surface area contributed by atoms with E-state index >= 15 is 0 Å². The molecule has 4 rings (SSSR count). The summed E-state index contributed by atoms with van der Waals surface area (Å²) in [5, 5.41) is 3.74. The molecule has 0 aliphatic rings. The maximum atomic E-state index is 12.4. The number of hydrogen-bond donors (Lipinski definition) is 2. The summed E-state index contributed by atoms with van der Waals surface area (Å²) in [5.41, 5.74) is 4.05. The number of nitrogens with zero attached hydrogens (tertiary/aromatic N) is 1. The van der Waals surface area contributed by atoms with E-state index in [1.54, 1.807) is 13.0 Å². The Kier molecular flexibility index (Phi) is 5.03. The van der Waals surface area contributed by atoms with Gasteiger partial charge in [0.2, 0.25) is 0 Å². The van der Waals surface area contributed by atoms with Crippen LogP contribution >= 0.6 is 0 Å². The van der Waals surface area contributed by atoms with Gasteiger partial charge in [-0.1, -0.05) is 12.1 Å². The minimum atomic E-state index is -0.363. The van der Waals surface area contributed by atoms with Gasteiger partial charge in [0, 0.05) is 16.5 Å². The fourth-order valence-electron chi connectivity index (χ4n) is 3.45. The van der Waals surface area contributed by atoms with Crippen molar-refractivity contribution in [2.24, 2.45) is 0 Å². The van der Waals surface area contributed by atoms with Gasteiger partial charge in [-0.25, -0.2) is 9.78 Å². The van der Waals surface area contributed by atoms with Crippen molar-refractivity contribution in [2.75, 3.05) is 6.61 Å². The minimum Gasteiger partial charge on any atom is -0.483 e. The molecule has 2 heterocycles. The Morgan fingerprint density at radius 1 is 1.13 bits per heavy atom. The molecule has 0 saturated carbocycles. The second kappa shape index (κ2) is 7.67. The number of aryl methyl sites for hydroxylation is 2. The highest BCUT2D eigenvalue weighted by Gasteiger charge is 2.16. The molecule has 7 heteroatoms. The highest BCUT2D eigenvalue weighted by Crippen LogP contribution is 2.29. The number of fused-ring (bicyclic) bond motifs is 2. The Morgan fingerprint density at radius 2 is 1.90 bits per heavy atom. The monoisotopic (exact) mass is 405 g/mol. The lowest BCUT2D eigenvalue weighted by molar-refractivity contribution is -0.123. The van der Waals surface area contributed by atoms with Crippen LogP contribution in [0.2, 0.25) is 0 Å². The molecule has 0 aliphatic heterocycles. The van der Waals surface area contributed by atoms with Gasteiger partial charge < -0.3 is 19.5 Å². The number of ether oxygens (including phenoxy) is 1. The molecule has 4 aromatic rings. The molecule has 1 amide bonds. The number of carbonyl (C=O) groups excluding carboxylic acids is 1. The number of H-pyrrole nitrogens is 1. The Balaban J connectivity index is 1.47. The van der Waals surface area contributed by atoms with E-state index in [0.29, 0.717) is 28.3 Å². The normalized spacial score (nSPS) is 12.3. The van der Waals surface area contributed by atoms with Gasteiger partial charge in [0.25, 0.3) is 5.91 Å². The Bertz CT molecular complexity index is 1290. The number of hydrogen-bond acceptors (Lipinski definition) is 5. The van der Waals surface area contributed by atoms with Crippen LogP contribution in [-0.2, 0) is 4.79 Å². The first-order valence-electron chi connectivity index (χ1n) is 9.75. The van der Waals surface area contributed by atoms with Crippen LogP contribution in [-0.4, -0.2) is 22.5 Å². The second-order valence-electron chi connectivity index (χ2n) is 7.42. The standard InChI is InChI=1S/C23H23N3O4/c1-12-13(2)23(28)30-21-14(3)19(10-9-16(12)21)29-11-20(27)24-15(4)22-25-17-7-5-6-8-18(17)26-22/h5-10,15H,11H2,1-4H3,(H,24,27)(H,25,26). The third-order valence-electron chi connectivity index (χ3n) is 5.38. The van der Waals surface area contributed by atoms with Crippen LogP contribution < -0.4 is 15.7 Å². The van der Waals surface area contributed by atoms with Crippen LogP contribution in [0.4, 0.5) is 0 Å². The van der Waals surface area contributed by atoms with Crippen LogP contribution in [0.25, 0.3) is 22.0 Å². The molecule has 7 nitrogen and oxygen atoms in total. The zero-order chi connectivity index (χ0) is 21.4. The summed E-state index contributed by atoms with van der Waals surface area (Å²) in [7, 11) is 0. The summed E-state index contributed by atoms with van der Waals surface area (Å²) >= 11 is 0. The molecule has 2 N–H and O–H groups in total. The van der Waals surface area contributed by atoms with E-state index < -0.39 is 0 Å². The van der Waals surface area contributed by atoms with E-state index in [-0.39, 0.29) is 24.2 Å². The quantitative estimate of drug-likeness (QED) is 0.492. The third-order valence-corrected chi connectivity index (χ3v) is 5.38. The van der Waals surface area contributed by atoms with Crippen molar-refractivity contribution >= 4 is 27.9 Å². The molecule has 1 atom stereocenters. The van der Waals surface area contributed by atoms with Crippen molar-refractivity contribution < 1.29 is 13.9 Å². The van der Waals surface area contributed by atoms with Crippen LogP contribution in [0.1, 0.15) is 35.5 Å². The predicted octanol–water partition coefficient (Wildman–Crippen LogP) is 3.85. The summed E-state index contributed by atoms with van der Waals surface area (Å²) < 4.78 is 11.2. The highest BCUT2D eigenvalue weighted by atomic mass is 16.5. The Morgan fingerprint density at radius 3 is 2.67 bits per heavy atom. The predicted molar refractivity (Wildman–Crippen MR) is 115 cm³/mol. The largest absolute Gasteiger partial charge is 0.483 e. The van der Waals surface area contributed by atoms with Crippen molar-refractivity contribution in [1.29, 1.82) is 0 Å². The van der Waals surface area contributed by atoms with Gasteiger partial charge in [-0.15, -0.1) is 0 Å². The van der Waals surface area contributed by atoms with E-state index in [1.807, 2.05) is 51.1 Å². The average molecular weight is 405 g/mol. The zero-order valence-electron chi connectivity index (χ0n) is 17.3. The summed E-state index contributed by atoms with van der Waals surface area (Å²) in [6, 6.07) is 11.0. The van der Waals surface area contributed by atoms with Gasteiger partial charge >= 0.3 is 5.63 Å². The number of aromatic amines is 1. The van der Waals surface area contributed by atoms with E-state index in [9.17, 15) is 9.59 Å². The summed E-state index contributed by atoms with van der Waals surface area (Å²) in [5.74, 6) is 0.906. The van der Waals surface area contributed by atoms with Crippen LogP contribution in [0, 0.1) is 20.8 Å². The molecule has 0 saturated heterocycles. The SMILES string of the molecule is Cc1c(C)c2ccc(OCC(=O)NC(C)c3nc4ccccc4[nH]3)c(C)c2oc1=O. The lowest BCUT2D eigenvalue weighted by atomic mass is 10.0. The van der Waals surface area contributed by atoms with Gasteiger partial charge in [0.05, 0.1) is 17.1 Å². The number of para-hydroxylation sites is 2. The van der Waals surface area contributed by atoms with Gasteiger partial charge in [-0.3, -0.25) is 4.79 Å². The first kappa shape index (κ1) is 19.7. The Labute approximate surface area is 173 Å². The summed E-state index contributed by atoms with van der Waals surface area (Å²) in [6.45, 7) is 7.14. The zero-order valence-corrected chi connectivity index (χ0v) is 17.3. The smallest absolute Gasteiger partial charge is 0.339 e. The van der Waals surface area contributed by atoms with E-state index in [1.165, 1.54) is 0 Å². The molecule has 154 valence electrons. The molecule has 0 spiro atoms. The van der Waals surface area contributed by atoms with Crippen molar-refractivity contribution in [3.63, 3.8) is 0 Å². The van der Waals surface area contributed by atoms with Gasteiger partial charge in [-0.05, 0) is 57.5 Å². The third kappa shape index (κ3) is 3.54. The molecule has 0 aliphatic carbocycles. The van der Waals surface area contributed by atoms with Crippen LogP contribution in [0.15, 0.2) is 45.6 Å². The average Bonchev–Trinajstić information content (AvgIpc) is 3.17. The first-order valence-corrected chi connectivity index (χ1v) is 9.75. The summed E-state index contributed by atoms with van der Waals surface area (Å²) in [6.07, 6.45) is 0. The molecule has 0 fully saturated rings. The summed E-state index contributed by atoms with van der Waals surface area (Å²) in [4.78, 5) is 32.1. The Hall–Kier alpha value is -3.61. The number of amides is 1. The minimum absolute atomic E-state index is 0.161. The molecular weight excluding hydrogens is 382 g/mol. The number of carbonyl (C=O) groups is 1. The molecule has 1 unspecified atom stereocenters. The molecule has 30 heavy (non-hydrogen) atoms. The van der Waals surface area contributed by atoms with Gasteiger partial charge in [0.1, 0.15) is 17.2 Å². The number of imidazole rings is 1. The topological polar surface area (TPSA) is 97.2 Å². The molecule has 2 aromatic carbocycles. The lowest BCUT2D eigenvalue weighted by Gasteiger charge is -2.14.